The van der Waals surface area contributed by atoms with Gasteiger partial charge < -0.3 is 63.7 Å². The van der Waals surface area contributed by atoms with Crippen LogP contribution in [-0.4, -0.2) is 128 Å². The van der Waals surface area contributed by atoms with Crippen LogP contribution in [0.3, 0.4) is 0 Å². The number of nitrogens with one attached hydrogen (secondary N) is 7. The Bertz CT molecular complexity index is 1440. The molecule has 0 aliphatic heterocycles. The van der Waals surface area contributed by atoms with E-state index >= 15 is 0 Å². The van der Waals surface area contributed by atoms with Gasteiger partial charge in [-0.05, 0) is 57.4 Å². The van der Waals surface area contributed by atoms with Gasteiger partial charge in [-0.3, -0.25) is 33.6 Å². The highest BCUT2D eigenvalue weighted by Crippen LogP contribution is 2.09. The second-order valence-electron chi connectivity index (χ2n) is 14.1. The number of imidazole rings is 1. The number of carboxylic acids is 2. The molecule has 1 aromatic heterocycles. The topological polar surface area (TPSA) is 350 Å². The van der Waals surface area contributed by atoms with Crippen LogP contribution in [0.5, 0.6) is 0 Å². The molecule has 21 heteroatoms. The number of amides is 6. The molecule has 14 N–H and O–H groups in total. The lowest BCUT2D eigenvalue weighted by Gasteiger charge is -2.27. The first-order chi connectivity index (χ1) is 25.8. The fourth-order valence-electron chi connectivity index (χ4n) is 5.23. The van der Waals surface area contributed by atoms with Crippen LogP contribution in [0.2, 0.25) is 0 Å². The van der Waals surface area contributed by atoms with E-state index in [9.17, 15) is 53.7 Å². The van der Waals surface area contributed by atoms with Gasteiger partial charge in [-0.25, -0.2) is 9.78 Å². The number of aliphatic hydroxyl groups is 1. The second kappa shape index (κ2) is 24.3. The highest BCUT2D eigenvalue weighted by molar-refractivity contribution is 5.98. The average molecular weight is 783 g/mol. The quantitative estimate of drug-likeness (QED) is 0.0417. The maximum absolute atomic E-state index is 13.4. The van der Waals surface area contributed by atoms with Crippen LogP contribution >= 0.6 is 0 Å². The van der Waals surface area contributed by atoms with Crippen molar-refractivity contribution >= 4 is 47.4 Å². The Labute approximate surface area is 319 Å². The van der Waals surface area contributed by atoms with Crippen molar-refractivity contribution in [3.05, 3.63) is 18.2 Å². The number of carboxylic acid groups (broad SMARTS) is 2. The largest absolute Gasteiger partial charge is 0.481 e. The molecule has 0 unspecified atom stereocenters. The molecule has 0 aliphatic carbocycles. The third-order valence-electron chi connectivity index (χ3n) is 8.15. The molecule has 0 aliphatic rings. The molecule has 6 amide bonds. The van der Waals surface area contributed by atoms with Gasteiger partial charge in [0, 0.05) is 18.3 Å². The molecular weight excluding hydrogens is 724 g/mol. The summed E-state index contributed by atoms with van der Waals surface area (Å²) in [6.07, 6.45) is 3.24. The van der Waals surface area contributed by atoms with E-state index in [0.717, 1.165) is 0 Å². The SMILES string of the molecule is CC(C)C[C@H](NC(=O)[C@H](CC(=O)O)NC(=O)[C@H](C)NC(=O)[C@H](CC(C)C)NC(=O)[C@@H](N)Cc1cnc[nH]1)C(=O)N[C@@H](CO)C(=O)N[C@@H](CCCCN)C(=O)O. The maximum atomic E-state index is 13.4. The molecule has 0 aromatic carbocycles. The molecule has 0 radical (unpaired) electrons. The highest BCUT2D eigenvalue weighted by Gasteiger charge is 2.34. The van der Waals surface area contributed by atoms with Crippen LogP contribution in [0, 0.1) is 11.8 Å². The number of carbonyl (C=O) groups is 8. The summed E-state index contributed by atoms with van der Waals surface area (Å²) >= 11 is 0. The van der Waals surface area contributed by atoms with Crippen molar-refractivity contribution in [3.8, 4) is 0 Å². The van der Waals surface area contributed by atoms with Gasteiger partial charge in [0.2, 0.25) is 35.4 Å². The summed E-state index contributed by atoms with van der Waals surface area (Å²) in [4.78, 5) is 109. The fraction of sp³-hybridized carbons (Fsp3) is 0.676. The number of hydrogen-bond donors (Lipinski definition) is 12. The van der Waals surface area contributed by atoms with E-state index in [1.54, 1.807) is 13.8 Å². The third kappa shape index (κ3) is 18.2. The molecule has 0 fully saturated rings. The smallest absolute Gasteiger partial charge is 0.326 e. The Kier molecular flexibility index (Phi) is 21.1. The van der Waals surface area contributed by atoms with Crippen molar-refractivity contribution in [2.75, 3.05) is 13.2 Å². The van der Waals surface area contributed by atoms with E-state index in [0.29, 0.717) is 25.1 Å². The average Bonchev–Trinajstić information content (AvgIpc) is 3.61. The Morgan fingerprint density at radius 3 is 1.67 bits per heavy atom. The number of aliphatic carboxylic acids is 2. The van der Waals surface area contributed by atoms with Crippen LogP contribution in [-0.2, 0) is 44.8 Å². The number of hydrogen-bond acceptors (Lipinski definition) is 12. The zero-order valence-electron chi connectivity index (χ0n) is 31.9. The summed E-state index contributed by atoms with van der Waals surface area (Å²) in [6.45, 7) is 7.73. The molecular formula is C34H58N10O11. The fourth-order valence-corrected chi connectivity index (χ4v) is 5.23. The first-order valence-corrected chi connectivity index (χ1v) is 18.1. The van der Waals surface area contributed by atoms with Crippen molar-refractivity contribution in [2.24, 2.45) is 23.3 Å². The molecule has 310 valence electrons. The summed E-state index contributed by atoms with van der Waals surface area (Å²) in [6, 6.07) is -9.50. The predicted molar refractivity (Wildman–Crippen MR) is 196 cm³/mol. The van der Waals surface area contributed by atoms with E-state index in [1.165, 1.54) is 19.4 Å². The van der Waals surface area contributed by atoms with Gasteiger partial charge in [-0.2, -0.15) is 0 Å². The maximum Gasteiger partial charge on any atom is 0.326 e. The van der Waals surface area contributed by atoms with Crippen LogP contribution in [0.15, 0.2) is 12.5 Å². The molecule has 0 spiro atoms. The Balaban J connectivity index is 3.04. The first kappa shape index (κ1) is 47.9. The Morgan fingerprint density at radius 1 is 0.691 bits per heavy atom. The van der Waals surface area contributed by atoms with E-state index < -0.39 is 103 Å². The zero-order chi connectivity index (χ0) is 41.8. The first-order valence-electron chi connectivity index (χ1n) is 18.1. The molecule has 55 heavy (non-hydrogen) atoms. The summed E-state index contributed by atoms with van der Waals surface area (Å²) in [7, 11) is 0. The minimum Gasteiger partial charge on any atom is -0.481 e. The number of nitrogens with two attached hydrogens (primary N) is 2. The van der Waals surface area contributed by atoms with Crippen LogP contribution in [0.4, 0.5) is 0 Å². The minimum atomic E-state index is -1.74. The van der Waals surface area contributed by atoms with Crippen molar-refractivity contribution in [1.82, 2.24) is 41.9 Å². The van der Waals surface area contributed by atoms with Gasteiger partial charge in [0.05, 0.1) is 25.4 Å². The molecule has 1 heterocycles. The zero-order valence-corrected chi connectivity index (χ0v) is 31.9. The van der Waals surface area contributed by atoms with Crippen molar-refractivity contribution in [1.29, 1.82) is 0 Å². The van der Waals surface area contributed by atoms with Crippen molar-refractivity contribution in [3.63, 3.8) is 0 Å². The minimum absolute atomic E-state index is 0.0249. The lowest BCUT2D eigenvalue weighted by Crippen LogP contribution is -2.60. The highest BCUT2D eigenvalue weighted by atomic mass is 16.4. The lowest BCUT2D eigenvalue weighted by atomic mass is 10.0. The Hall–Kier alpha value is -5.15. The third-order valence-corrected chi connectivity index (χ3v) is 8.15. The lowest BCUT2D eigenvalue weighted by molar-refractivity contribution is -0.143. The summed E-state index contributed by atoms with van der Waals surface area (Å²) < 4.78 is 0. The van der Waals surface area contributed by atoms with Crippen molar-refractivity contribution in [2.45, 2.75) is 122 Å². The number of aliphatic hydroxyl groups excluding tert-OH is 1. The number of rotatable bonds is 26. The normalized spacial score (nSPS) is 15.0. The summed E-state index contributed by atoms with van der Waals surface area (Å²) in [5, 5.41) is 43.1. The molecule has 7 atom stereocenters. The van der Waals surface area contributed by atoms with Gasteiger partial charge in [0.1, 0.15) is 36.3 Å². The summed E-state index contributed by atoms with van der Waals surface area (Å²) in [5.41, 5.74) is 12.1. The monoisotopic (exact) mass is 782 g/mol. The van der Waals surface area contributed by atoms with E-state index in [-0.39, 0.29) is 37.5 Å². The van der Waals surface area contributed by atoms with Gasteiger partial charge >= 0.3 is 11.9 Å². The van der Waals surface area contributed by atoms with E-state index in [2.05, 4.69) is 41.9 Å². The number of aromatic amines is 1. The Morgan fingerprint density at radius 2 is 1.18 bits per heavy atom. The van der Waals surface area contributed by atoms with Crippen molar-refractivity contribution < 1.29 is 53.7 Å². The number of H-pyrrole nitrogens is 1. The molecule has 0 saturated carbocycles. The van der Waals surface area contributed by atoms with Crippen LogP contribution in [0.1, 0.15) is 78.8 Å². The van der Waals surface area contributed by atoms with Gasteiger partial charge in [-0.1, -0.05) is 27.7 Å². The van der Waals surface area contributed by atoms with Gasteiger partial charge in [-0.15, -0.1) is 0 Å². The standard InChI is InChI=1S/C34H58N10O11/c1-17(2)10-23(42-29(49)21(36)12-20-14-37-16-38-20)30(50)39-19(5)28(48)41-25(13-27(46)47)32(52)43-24(11-18(3)4)31(51)44-26(15-45)33(53)40-22(34(54)55)8-6-7-9-35/h14,16-19,21-26,45H,6-13,15,35-36H2,1-5H3,(H,37,38)(H,39,50)(H,40,53)(H,41,48)(H,42,49)(H,43,52)(H,44,51)(H,46,47)(H,54,55)/t19-,21-,22-,23-,24-,25-,26-/m0/s1. The second-order valence-corrected chi connectivity index (χ2v) is 14.1. The van der Waals surface area contributed by atoms with Crippen LogP contribution < -0.4 is 43.4 Å². The number of carbonyl (C=O) groups excluding carboxylic acids is 6. The summed E-state index contributed by atoms with van der Waals surface area (Å²) in [5.74, 6) is -8.47. The molecule has 0 saturated heterocycles. The number of unbranched alkanes of at least 4 members (excludes halogenated alkanes) is 1. The van der Waals surface area contributed by atoms with Gasteiger partial charge in [0.25, 0.3) is 0 Å². The molecule has 1 aromatic rings. The van der Waals surface area contributed by atoms with Crippen LogP contribution in [0.25, 0.3) is 0 Å². The predicted octanol–water partition coefficient (Wildman–Crippen LogP) is -3.02. The van der Waals surface area contributed by atoms with E-state index in [4.69, 9.17) is 11.5 Å². The molecule has 21 nitrogen and oxygen atoms in total. The number of aromatic nitrogens is 2. The van der Waals surface area contributed by atoms with E-state index in [1.807, 2.05) is 13.8 Å². The molecule has 1 rings (SSSR count). The molecule has 0 bridgehead atoms. The van der Waals surface area contributed by atoms with Gasteiger partial charge in [0.15, 0.2) is 0 Å². The number of nitrogens with zero attached hydrogens (tertiary/aromatic N) is 1.